The number of rotatable bonds is 9. The minimum atomic E-state index is -0.636. The molecule has 0 bridgehead atoms. The lowest BCUT2D eigenvalue weighted by atomic mass is 10.1. The highest BCUT2D eigenvalue weighted by Gasteiger charge is 2.19. The molecule has 7 nitrogen and oxygen atoms in total. The van der Waals surface area contributed by atoms with Crippen molar-refractivity contribution in [3.05, 3.63) is 77.0 Å². The highest BCUT2D eigenvalue weighted by atomic mass is 19.1. The van der Waals surface area contributed by atoms with Crippen molar-refractivity contribution in [2.75, 3.05) is 6.79 Å². The SMILES string of the molecule is CC[C@@H](C)NC(=O)c1coc(CN(Cc2ccc3c(c2)OCO3)Cc2ccc(F)cc2F)n1. The molecule has 3 aromatic rings. The van der Waals surface area contributed by atoms with E-state index >= 15 is 0 Å². The Balaban J connectivity index is 1.53. The summed E-state index contributed by atoms with van der Waals surface area (Å²) in [6, 6.07) is 9.07. The Labute approximate surface area is 190 Å². The summed E-state index contributed by atoms with van der Waals surface area (Å²) in [6.07, 6.45) is 2.10. The Morgan fingerprint density at radius 3 is 2.73 bits per heavy atom. The van der Waals surface area contributed by atoms with Gasteiger partial charge in [0.1, 0.15) is 17.9 Å². The number of fused-ring (bicyclic) bond motifs is 1. The fraction of sp³-hybridized carbons (Fsp3) is 0.333. The maximum atomic E-state index is 14.3. The number of benzene rings is 2. The van der Waals surface area contributed by atoms with Gasteiger partial charge in [-0.15, -0.1) is 0 Å². The highest BCUT2D eigenvalue weighted by molar-refractivity contribution is 5.92. The number of ether oxygens (including phenoxy) is 2. The average Bonchev–Trinajstić information content (AvgIpc) is 3.44. The first-order chi connectivity index (χ1) is 15.9. The van der Waals surface area contributed by atoms with Crippen molar-refractivity contribution in [3.8, 4) is 11.5 Å². The summed E-state index contributed by atoms with van der Waals surface area (Å²) in [5.41, 5.74) is 1.42. The molecule has 1 amide bonds. The Morgan fingerprint density at radius 1 is 1.12 bits per heavy atom. The lowest BCUT2D eigenvalue weighted by Gasteiger charge is -2.21. The van der Waals surface area contributed by atoms with E-state index in [9.17, 15) is 13.6 Å². The number of nitrogens with one attached hydrogen (secondary N) is 1. The monoisotopic (exact) mass is 457 g/mol. The fourth-order valence-electron chi connectivity index (χ4n) is 3.43. The number of aromatic nitrogens is 1. The summed E-state index contributed by atoms with van der Waals surface area (Å²) in [5, 5.41) is 2.84. The standard InChI is InChI=1S/C24H25F2N3O4/c1-3-15(2)27-24(30)20-13-31-23(28-20)12-29(11-17-5-6-18(25)9-19(17)26)10-16-4-7-21-22(8-16)33-14-32-21/h4-9,13,15H,3,10-12,14H2,1-2H3,(H,27,30)/t15-/m1/s1. The summed E-state index contributed by atoms with van der Waals surface area (Å²) in [4.78, 5) is 18.5. The normalized spacial score (nSPS) is 13.4. The minimum absolute atomic E-state index is 0.0154. The van der Waals surface area contributed by atoms with E-state index in [0.29, 0.717) is 29.5 Å². The van der Waals surface area contributed by atoms with Gasteiger partial charge in [-0.3, -0.25) is 9.69 Å². The minimum Gasteiger partial charge on any atom is -0.454 e. The van der Waals surface area contributed by atoms with E-state index in [1.807, 2.05) is 36.9 Å². The van der Waals surface area contributed by atoms with Crippen LogP contribution in [0.3, 0.4) is 0 Å². The zero-order valence-electron chi connectivity index (χ0n) is 18.4. The smallest absolute Gasteiger partial charge is 0.273 e. The zero-order chi connectivity index (χ0) is 23.4. The summed E-state index contributed by atoms with van der Waals surface area (Å²) >= 11 is 0. The second-order valence-electron chi connectivity index (χ2n) is 7.98. The van der Waals surface area contributed by atoms with Gasteiger partial charge in [-0.05, 0) is 37.1 Å². The molecular formula is C24H25F2N3O4. The van der Waals surface area contributed by atoms with Crippen LogP contribution >= 0.6 is 0 Å². The van der Waals surface area contributed by atoms with Crippen LogP contribution in [-0.2, 0) is 19.6 Å². The maximum absolute atomic E-state index is 14.3. The Morgan fingerprint density at radius 2 is 1.94 bits per heavy atom. The number of nitrogens with zero attached hydrogens (tertiary/aromatic N) is 2. The van der Waals surface area contributed by atoms with Gasteiger partial charge in [-0.2, -0.15) is 0 Å². The molecule has 0 saturated carbocycles. The van der Waals surface area contributed by atoms with E-state index in [-0.39, 0.29) is 37.5 Å². The van der Waals surface area contributed by atoms with Crippen molar-refractivity contribution >= 4 is 5.91 Å². The molecule has 1 aromatic heterocycles. The summed E-state index contributed by atoms with van der Waals surface area (Å²) in [6.45, 7) is 4.84. The van der Waals surface area contributed by atoms with Crippen LogP contribution in [0.2, 0.25) is 0 Å². The van der Waals surface area contributed by atoms with Crippen molar-refractivity contribution < 1.29 is 27.5 Å². The first-order valence-corrected chi connectivity index (χ1v) is 10.7. The number of carbonyl (C=O) groups excluding carboxylic acids is 1. The molecule has 0 aliphatic carbocycles. The van der Waals surface area contributed by atoms with Crippen LogP contribution in [0.15, 0.2) is 47.1 Å². The van der Waals surface area contributed by atoms with Gasteiger partial charge in [-0.1, -0.05) is 19.1 Å². The third kappa shape index (κ3) is 5.67. The second kappa shape index (κ2) is 9.99. The van der Waals surface area contributed by atoms with Crippen molar-refractivity contribution in [2.24, 2.45) is 0 Å². The van der Waals surface area contributed by atoms with Crippen molar-refractivity contribution in [1.82, 2.24) is 15.2 Å². The van der Waals surface area contributed by atoms with E-state index in [2.05, 4.69) is 10.3 Å². The number of hydrogen-bond donors (Lipinski definition) is 1. The second-order valence-corrected chi connectivity index (χ2v) is 7.98. The Kier molecular flexibility index (Phi) is 6.88. The summed E-state index contributed by atoms with van der Waals surface area (Å²) in [5.74, 6) is 0.0360. The molecule has 1 aliphatic heterocycles. The number of halogens is 2. The average molecular weight is 457 g/mol. The van der Waals surface area contributed by atoms with Gasteiger partial charge in [0.25, 0.3) is 5.91 Å². The van der Waals surface area contributed by atoms with Crippen LogP contribution in [0.1, 0.15) is 47.8 Å². The fourth-order valence-corrected chi connectivity index (χ4v) is 3.43. The number of carbonyl (C=O) groups is 1. The lowest BCUT2D eigenvalue weighted by molar-refractivity contribution is 0.0934. The van der Waals surface area contributed by atoms with Crippen LogP contribution in [0.5, 0.6) is 11.5 Å². The first-order valence-electron chi connectivity index (χ1n) is 10.7. The lowest BCUT2D eigenvalue weighted by Crippen LogP contribution is -2.32. The predicted molar refractivity (Wildman–Crippen MR) is 116 cm³/mol. The molecule has 2 heterocycles. The molecule has 0 unspecified atom stereocenters. The first kappa shape index (κ1) is 22.7. The molecule has 1 aliphatic rings. The topological polar surface area (TPSA) is 76.8 Å². The highest BCUT2D eigenvalue weighted by Crippen LogP contribution is 2.33. The van der Waals surface area contributed by atoms with Gasteiger partial charge in [0.15, 0.2) is 17.2 Å². The third-order valence-corrected chi connectivity index (χ3v) is 5.39. The van der Waals surface area contributed by atoms with Crippen LogP contribution in [0, 0.1) is 11.6 Å². The van der Waals surface area contributed by atoms with Crippen molar-refractivity contribution in [1.29, 1.82) is 0 Å². The molecule has 1 N–H and O–H groups in total. The summed E-state index contributed by atoms with van der Waals surface area (Å²) < 4.78 is 44.0. The van der Waals surface area contributed by atoms with E-state index in [1.54, 1.807) is 0 Å². The molecule has 0 fully saturated rings. The molecule has 0 saturated heterocycles. The molecule has 4 rings (SSSR count). The molecule has 1 atom stereocenters. The van der Waals surface area contributed by atoms with Crippen molar-refractivity contribution in [2.45, 2.75) is 45.9 Å². The van der Waals surface area contributed by atoms with Gasteiger partial charge in [0.05, 0.1) is 6.54 Å². The molecule has 9 heteroatoms. The van der Waals surface area contributed by atoms with E-state index in [0.717, 1.165) is 18.1 Å². The number of amides is 1. The molecule has 2 aromatic carbocycles. The molecule has 174 valence electrons. The van der Waals surface area contributed by atoms with E-state index in [4.69, 9.17) is 13.9 Å². The molecular weight excluding hydrogens is 432 g/mol. The quantitative estimate of drug-likeness (QED) is 0.513. The van der Waals surface area contributed by atoms with Crippen LogP contribution < -0.4 is 14.8 Å². The van der Waals surface area contributed by atoms with Gasteiger partial charge in [-0.25, -0.2) is 13.8 Å². The molecule has 0 spiro atoms. The van der Waals surface area contributed by atoms with Crippen LogP contribution in [0.4, 0.5) is 8.78 Å². The zero-order valence-corrected chi connectivity index (χ0v) is 18.4. The third-order valence-electron chi connectivity index (χ3n) is 5.39. The largest absolute Gasteiger partial charge is 0.454 e. The summed E-state index contributed by atoms with van der Waals surface area (Å²) in [7, 11) is 0. The predicted octanol–water partition coefficient (Wildman–Crippen LogP) is 4.41. The van der Waals surface area contributed by atoms with Gasteiger partial charge < -0.3 is 19.2 Å². The maximum Gasteiger partial charge on any atom is 0.273 e. The van der Waals surface area contributed by atoms with Crippen molar-refractivity contribution in [3.63, 3.8) is 0 Å². The van der Waals surface area contributed by atoms with Gasteiger partial charge in [0, 0.05) is 30.8 Å². The van der Waals surface area contributed by atoms with Gasteiger partial charge in [0.2, 0.25) is 12.7 Å². The molecule has 0 radical (unpaired) electrons. The molecule has 33 heavy (non-hydrogen) atoms. The van der Waals surface area contributed by atoms with E-state index in [1.165, 1.54) is 18.4 Å². The van der Waals surface area contributed by atoms with Crippen LogP contribution in [-0.4, -0.2) is 28.6 Å². The number of hydrogen-bond acceptors (Lipinski definition) is 6. The Hall–Kier alpha value is -3.46. The van der Waals surface area contributed by atoms with Crippen LogP contribution in [0.25, 0.3) is 0 Å². The number of oxazole rings is 1. The van der Waals surface area contributed by atoms with E-state index < -0.39 is 11.6 Å². The van der Waals surface area contributed by atoms with Gasteiger partial charge >= 0.3 is 0 Å². The Bertz CT molecular complexity index is 1130.